The molecule has 27 heavy (non-hydrogen) atoms. The third kappa shape index (κ3) is 6.88. The van der Waals surface area contributed by atoms with E-state index in [-0.39, 0.29) is 11.8 Å². The quantitative estimate of drug-likeness (QED) is 0.658. The number of hydrogen-bond donors (Lipinski definition) is 0. The topological polar surface area (TPSA) is 42.0 Å². The van der Waals surface area contributed by atoms with Crippen LogP contribution in [0.5, 0.6) is 5.75 Å². The summed E-state index contributed by atoms with van der Waals surface area (Å²) in [6.45, 7) is 6.91. The molecule has 9 heteroatoms. The van der Waals surface area contributed by atoms with Crippen LogP contribution in [0.1, 0.15) is 32.8 Å². The molecule has 152 valence electrons. The Morgan fingerprint density at radius 2 is 2.00 bits per heavy atom. The van der Waals surface area contributed by atoms with Crippen molar-refractivity contribution in [2.45, 2.75) is 51.7 Å². The minimum Gasteiger partial charge on any atom is -0.444 e. The minimum atomic E-state index is -4.74. The highest BCUT2D eigenvalue weighted by atomic mass is 79.9. The van der Waals surface area contributed by atoms with Gasteiger partial charge in [0, 0.05) is 42.8 Å². The first-order valence-corrected chi connectivity index (χ1v) is 9.36. The molecule has 5 nitrogen and oxygen atoms in total. The molecule has 0 bridgehead atoms. The maximum Gasteiger partial charge on any atom is 0.573 e. The van der Waals surface area contributed by atoms with Crippen molar-refractivity contribution < 1.29 is 27.4 Å². The van der Waals surface area contributed by atoms with Gasteiger partial charge in [-0.05, 0) is 45.4 Å². The molecule has 0 spiro atoms. The van der Waals surface area contributed by atoms with E-state index in [9.17, 15) is 18.0 Å². The molecule has 1 amide bonds. The van der Waals surface area contributed by atoms with Crippen LogP contribution in [0.25, 0.3) is 0 Å². The lowest BCUT2D eigenvalue weighted by Gasteiger charge is -2.28. The summed E-state index contributed by atoms with van der Waals surface area (Å²) >= 11 is 3.28. The number of hydrogen-bond acceptors (Lipinski definition) is 4. The zero-order valence-corrected chi connectivity index (χ0v) is 17.4. The van der Waals surface area contributed by atoms with E-state index in [0.29, 0.717) is 29.7 Å². The van der Waals surface area contributed by atoms with E-state index in [1.54, 1.807) is 38.8 Å². The van der Waals surface area contributed by atoms with Gasteiger partial charge in [0.2, 0.25) is 0 Å². The first kappa shape index (κ1) is 21.8. The second-order valence-corrected chi connectivity index (χ2v) is 8.48. The Kier molecular flexibility index (Phi) is 6.68. The van der Waals surface area contributed by atoms with Gasteiger partial charge in [0.25, 0.3) is 0 Å². The van der Waals surface area contributed by atoms with Crippen LogP contribution < -0.4 is 4.74 Å². The average molecular weight is 453 g/mol. The summed E-state index contributed by atoms with van der Waals surface area (Å²) in [5, 5.41) is 0. The minimum absolute atomic E-state index is 0.0565. The lowest BCUT2D eigenvalue weighted by Crippen LogP contribution is -2.42. The summed E-state index contributed by atoms with van der Waals surface area (Å²) in [6, 6.07) is 4.37. The normalized spacial score (nSPS) is 18.4. The van der Waals surface area contributed by atoms with E-state index >= 15 is 0 Å². The molecule has 1 aromatic rings. The molecule has 1 saturated heterocycles. The largest absolute Gasteiger partial charge is 0.573 e. The maximum absolute atomic E-state index is 12.6. The maximum atomic E-state index is 12.6. The van der Waals surface area contributed by atoms with Crippen molar-refractivity contribution in [2.24, 2.45) is 0 Å². The Labute approximate surface area is 165 Å². The molecule has 0 saturated carbocycles. The van der Waals surface area contributed by atoms with Crippen LogP contribution in [0, 0.1) is 0 Å². The molecule has 1 atom stereocenters. The molecule has 0 aromatic heterocycles. The number of carbonyl (C=O) groups is 1. The molecule has 0 N–H and O–H groups in total. The van der Waals surface area contributed by atoms with Gasteiger partial charge in [-0.25, -0.2) is 4.79 Å². The summed E-state index contributed by atoms with van der Waals surface area (Å²) in [7, 11) is 1.68. The number of amides is 1. The molecule has 2 rings (SSSR count). The second kappa shape index (κ2) is 8.26. The number of ether oxygens (including phenoxy) is 2. The Hall–Kier alpha value is -1.48. The van der Waals surface area contributed by atoms with Gasteiger partial charge in [-0.15, -0.1) is 13.2 Å². The molecular formula is C18H24BrF3N2O3. The van der Waals surface area contributed by atoms with Crippen LogP contribution in [-0.4, -0.2) is 54.0 Å². The van der Waals surface area contributed by atoms with Crippen molar-refractivity contribution in [2.75, 3.05) is 20.1 Å². The second-order valence-electron chi connectivity index (χ2n) is 7.57. The predicted octanol–water partition coefficient (Wildman–Crippen LogP) is 4.79. The summed E-state index contributed by atoms with van der Waals surface area (Å²) in [5.74, 6) is -0.213. The molecule has 1 fully saturated rings. The monoisotopic (exact) mass is 452 g/mol. The molecule has 0 radical (unpaired) electrons. The number of benzene rings is 1. The van der Waals surface area contributed by atoms with Crippen molar-refractivity contribution in [1.82, 2.24) is 9.80 Å². The number of alkyl halides is 3. The van der Waals surface area contributed by atoms with Gasteiger partial charge in [-0.3, -0.25) is 4.90 Å². The van der Waals surface area contributed by atoms with Crippen LogP contribution in [0.2, 0.25) is 0 Å². The van der Waals surface area contributed by atoms with Gasteiger partial charge in [0.05, 0.1) is 0 Å². The zero-order chi connectivity index (χ0) is 20.4. The fraction of sp³-hybridized carbons (Fsp3) is 0.611. The Morgan fingerprint density at radius 3 is 2.59 bits per heavy atom. The third-order valence-corrected chi connectivity index (χ3v) is 4.61. The van der Waals surface area contributed by atoms with E-state index in [1.807, 2.05) is 4.90 Å². The molecule has 1 aliphatic heterocycles. The van der Waals surface area contributed by atoms with Gasteiger partial charge in [-0.1, -0.05) is 15.9 Å². The van der Waals surface area contributed by atoms with Gasteiger partial charge in [-0.2, -0.15) is 0 Å². The van der Waals surface area contributed by atoms with Crippen molar-refractivity contribution >= 4 is 22.0 Å². The van der Waals surface area contributed by atoms with Crippen LogP contribution >= 0.6 is 15.9 Å². The molecule has 1 aliphatic rings. The highest BCUT2D eigenvalue weighted by Gasteiger charge is 2.34. The standard InChI is InChI=1S/C18H24BrF3N2O3/c1-17(2,3)27-16(25)23(4)14-7-8-24(11-14)10-12-9-13(19)5-6-15(12)26-18(20,21)22/h5-6,9,14H,7-8,10-11H2,1-4H3/t14-/m0/s1. The lowest BCUT2D eigenvalue weighted by atomic mass is 10.2. The summed E-state index contributed by atoms with van der Waals surface area (Å²) < 4.78 is 48.0. The summed E-state index contributed by atoms with van der Waals surface area (Å²) in [6.07, 6.45) is -4.43. The van der Waals surface area contributed by atoms with E-state index in [4.69, 9.17) is 4.74 Å². The first-order chi connectivity index (χ1) is 12.3. The van der Waals surface area contributed by atoms with Gasteiger partial charge < -0.3 is 14.4 Å². The Bertz CT molecular complexity index is 677. The van der Waals surface area contributed by atoms with Crippen molar-refractivity contribution in [3.63, 3.8) is 0 Å². The summed E-state index contributed by atoms with van der Waals surface area (Å²) in [5.41, 5.74) is -0.147. The first-order valence-electron chi connectivity index (χ1n) is 8.56. The molecule has 0 unspecified atom stereocenters. The van der Waals surface area contributed by atoms with Gasteiger partial charge in [0.15, 0.2) is 0 Å². The van der Waals surface area contributed by atoms with Crippen molar-refractivity contribution in [3.05, 3.63) is 28.2 Å². The highest BCUT2D eigenvalue weighted by molar-refractivity contribution is 9.10. The number of carbonyl (C=O) groups excluding carboxylic acids is 1. The number of likely N-dealkylation sites (tertiary alicyclic amines) is 1. The smallest absolute Gasteiger partial charge is 0.444 e. The van der Waals surface area contributed by atoms with Crippen molar-refractivity contribution in [3.8, 4) is 5.75 Å². The molecule has 0 aliphatic carbocycles. The highest BCUT2D eigenvalue weighted by Crippen LogP contribution is 2.31. The van der Waals surface area contributed by atoms with E-state index in [0.717, 1.165) is 6.42 Å². The fourth-order valence-corrected chi connectivity index (χ4v) is 3.30. The van der Waals surface area contributed by atoms with Crippen molar-refractivity contribution in [1.29, 1.82) is 0 Å². The Balaban J connectivity index is 2.02. The van der Waals surface area contributed by atoms with Crippen LogP contribution in [-0.2, 0) is 11.3 Å². The fourth-order valence-electron chi connectivity index (χ4n) is 2.89. The zero-order valence-electron chi connectivity index (χ0n) is 15.8. The molecule has 1 heterocycles. The van der Waals surface area contributed by atoms with E-state index in [1.165, 1.54) is 12.1 Å². The number of likely N-dealkylation sites (N-methyl/N-ethyl adjacent to an activating group) is 1. The average Bonchev–Trinajstić information content (AvgIpc) is 2.95. The third-order valence-electron chi connectivity index (χ3n) is 4.12. The van der Waals surface area contributed by atoms with Crippen LogP contribution in [0.3, 0.4) is 0 Å². The number of nitrogens with zero attached hydrogens (tertiary/aromatic N) is 2. The molecular weight excluding hydrogens is 429 g/mol. The molecule has 1 aromatic carbocycles. The number of rotatable bonds is 4. The lowest BCUT2D eigenvalue weighted by molar-refractivity contribution is -0.275. The summed E-state index contributed by atoms with van der Waals surface area (Å²) in [4.78, 5) is 15.8. The van der Waals surface area contributed by atoms with E-state index < -0.39 is 18.1 Å². The van der Waals surface area contributed by atoms with Gasteiger partial charge >= 0.3 is 12.5 Å². The van der Waals surface area contributed by atoms with E-state index in [2.05, 4.69) is 20.7 Å². The van der Waals surface area contributed by atoms with Gasteiger partial charge in [0.1, 0.15) is 11.4 Å². The van der Waals surface area contributed by atoms with Crippen LogP contribution in [0.15, 0.2) is 22.7 Å². The Morgan fingerprint density at radius 1 is 1.33 bits per heavy atom. The SMILES string of the molecule is CN(C(=O)OC(C)(C)C)[C@H]1CCN(Cc2cc(Br)ccc2OC(F)(F)F)C1. The predicted molar refractivity (Wildman–Crippen MR) is 98.5 cm³/mol. The van der Waals surface area contributed by atoms with Crippen LogP contribution in [0.4, 0.5) is 18.0 Å². The number of halogens is 4.